The Morgan fingerprint density at radius 2 is 1.77 bits per heavy atom. The highest BCUT2D eigenvalue weighted by Crippen LogP contribution is 2.34. The summed E-state index contributed by atoms with van der Waals surface area (Å²) in [6.07, 6.45) is -3.56. The van der Waals surface area contributed by atoms with Gasteiger partial charge in [-0.3, -0.25) is 0 Å². The van der Waals surface area contributed by atoms with Gasteiger partial charge < -0.3 is 10.6 Å². The number of nitrogens with one attached hydrogen (secondary N) is 2. The number of hydrogen-bond donors (Lipinski definition) is 2. The van der Waals surface area contributed by atoms with Gasteiger partial charge in [0.05, 0.1) is 11.3 Å². The summed E-state index contributed by atoms with van der Waals surface area (Å²) in [4.78, 5) is 0. The van der Waals surface area contributed by atoms with Gasteiger partial charge in [-0.25, -0.2) is 0 Å². The van der Waals surface area contributed by atoms with Crippen LogP contribution < -0.4 is 10.6 Å². The number of thiocarbonyl (C=S) groups is 1. The van der Waals surface area contributed by atoms with E-state index in [-0.39, 0.29) is 10.8 Å². The number of aryl methyl sites for hydroxylation is 1. The van der Waals surface area contributed by atoms with E-state index in [1.807, 2.05) is 31.2 Å². The van der Waals surface area contributed by atoms with Gasteiger partial charge in [0, 0.05) is 5.69 Å². The minimum atomic E-state index is -4.43. The van der Waals surface area contributed by atoms with Crippen LogP contribution in [0.15, 0.2) is 48.5 Å². The van der Waals surface area contributed by atoms with Gasteiger partial charge in [-0.05, 0) is 48.5 Å². The number of hydrogen-bond acceptors (Lipinski definition) is 1. The van der Waals surface area contributed by atoms with Gasteiger partial charge in [0.15, 0.2) is 5.11 Å². The molecule has 0 unspecified atom stereocenters. The van der Waals surface area contributed by atoms with E-state index in [0.717, 1.165) is 23.7 Å². The molecule has 0 atom stereocenters. The molecule has 0 saturated heterocycles. The smallest absolute Gasteiger partial charge is 0.332 e. The lowest BCUT2D eigenvalue weighted by Gasteiger charge is -2.16. The molecule has 2 aromatic rings. The van der Waals surface area contributed by atoms with Crippen molar-refractivity contribution in [3.63, 3.8) is 0 Å². The lowest BCUT2D eigenvalue weighted by molar-refractivity contribution is -0.136. The van der Waals surface area contributed by atoms with Crippen molar-refractivity contribution >= 4 is 28.7 Å². The zero-order valence-electron chi connectivity index (χ0n) is 11.9. The lowest BCUT2D eigenvalue weighted by Crippen LogP contribution is -2.21. The Kier molecular flexibility index (Phi) is 5.03. The van der Waals surface area contributed by atoms with E-state index in [0.29, 0.717) is 0 Å². The number of anilines is 2. The SMILES string of the molecule is CCc1cccc(NC(=S)Nc2ccccc2C(F)(F)F)c1. The van der Waals surface area contributed by atoms with Crippen molar-refractivity contribution in [2.24, 2.45) is 0 Å². The molecule has 0 radical (unpaired) electrons. The van der Waals surface area contributed by atoms with Crippen LogP contribution >= 0.6 is 12.2 Å². The van der Waals surface area contributed by atoms with Crippen molar-refractivity contribution in [1.29, 1.82) is 0 Å². The molecule has 116 valence electrons. The molecule has 0 fully saturated rings. The van der Waals surface area contributed by atoms with E-state index in [4.69, 9.17) is 12.2 Å². The lowest BCUT2D eigenvalue weighted by atomic mass is 10.1. The van der Waals surface area contributed by atoms with Gasteiger partial charge in [-0.2, -0.15) is 13.2 Å². The molecule has 0 aliphatic carbocycles. The molecular weight excluding hydrogens is 309 g/mol. The molecule has 0 spiro atoms. The van der Waals surface area contributed by atoms with E-state index in [2.05, 4.69) is 10.6 Å². The number of alkyl halides is 3. The van der Waals surface area contributed by atoms with Crippen LogP contribution in [-0.2, 0) is 12.6 Å². The van der Waals surface area contributed by atoms with Crippen LogP contribution in [0.25, 0.3) is 0 Å². The van der Waals surface area contributed by atoms with E-state index in [1.165, 1.54) is 18.2 Å². The largest absolute Gasteiger partial charge is 0.418 e. The minimum absolute atomic E-state index is 0.0702. The molecule has 22 heavy (non-hydrogen) atoms. The van der Waals surface area contributed by atoms with Crippen molar-refractivity contribution in [3.05, 3.63) is 59.7 Å². The highest BCUT2D eigenvalue weighted by Gasteiger charge is 2.33. The second kappa shape index (κ2) is 6.79. The van der Waals surface area contributed by atoms with E-state index >= 15 is 0 Å². The first-order chi connectivity index (χ1) is 10.4. The number of rotatable bonds is 3. The molecule has 2 rings (SSSR count). The summed E-state index contributed by atoms with van der Waals surface area (Å²) in [6.45, 7) is 2.02. The summed E-state index contributed by atoms with van der Waals surface area (Å²) < 4.78 is 38.8. The maximum atomic E-state index is 12.9. The van der Waals surface area contributed by atoms with Gasteiger partial charge in [0.25, 0.3) is 0 Å². The third kappa shape index (κ3) is 4.21. The fraction of sp³-hybridized carbons (Fsp3) is 0.188. The summed E-state index contributed by atoms with van der Waals surface area (Å²) in [5.41, 5.74) is 1.03. The van der Waals surface area contributed by atoms with Crippen LogP contribution in [0.4, 0.5) is 24.5 Å². The standard InChI is InChI=1S/C16H15F3N2S/c1-2-11-6-5-7-12(10-11)20-15(22)21-14-9-4-3-8-13(14)16(17,18)19/h3-10H,2H2,1H3,(H2,20,21,22). The zero-order valence-corrected chi connectivity index (χ0v) is 12.7. The Labute approximate surface area is 132 Å². The third-order valence-electron chi connectivity index (χ3n) is 3.07. The highest BCUT2D eigenvalue weighted by molar-refractivity contribution is 7.80. The van der Waals surface area contributed by atoms with E-state index in [1.54, 1.807) is 0 Å². The minimum Gasteiger partial charge on any atom is -0.332 e. The zero-order chi connectivity index (χ0) is 16.2. The summed E-state index contributed by atoms with van der Waals surface area (Å²) in [6, 6.07) is 12.8. The van der Waals surface area contributed by atoms with Crippen molar-refractivity contribution in [1.82, 2.24) is 0 Å². The second-order valence-electron chi connectivity index (χ2n) is 4.68. The molecule has 0 heterocycles. The van der Waals surface area contributed by atoms with Crippen molar-refractivity contribution in [2.75, 3.05) is 10.6 Å². The van der Waals surface area contributed by atoms with Gasteiger partial charge in [0.2, 0.25) is 0 Å². The second-order valence-corrected chi connectivity index (χ2v) is 5.08. The Bertz CT molecular complexity index is 668. The summed E-state index contributed by atoms with van der Waals surface area (Å²) >= 11 is 5.09. The fourth-order valence-electron chi connectivity index (χ4n) is 1.99. The van der Waals surface area contributed by atoms with Gasteiger partial charge >= 0.3 is 6.18 Å². The molecular formula is C16H15F3N2S. The first kappa shape index (κ1) is 16.3. The topological polar surface area (TPSA) is 24.1 Å². The first-order valence-corrected chi connectivity index (χ1v) is 7.14. The average Bonchev–Trinajstić information content (AvgIpc) is 2.46. The van der Waals surface area contributed by atoms with Gasteiger partial charge in [-0.15, -0.1) is 0 Å². The maximum absolute atomic E-state index is 12.9. The van der Waals surface area contributed by atoms with Crippen LogP contribution in [-0.4, -0.2) is 5.11 Å². The predicted octanol–water partition coefficient (Wildman–Crippen LogP) is 5.08. The highest BCUT2D eigenvalue weighted by atomic mass is 32.1. The Hall–Kier alpha value is -2.08. The van der Waals surface area contributed by atoms with Crippen LogP contribution in [0.3, 0.4) is 0 Å². The fourth-order valence-corrected chi connectivity index (χ4v) is 2.22. The number of halogens is 3. The molecule has 6 heteroatoms. The molecule has 0 bridgehead atoms. The molecule has 2 nitrogen and oxygen atoms in total. The molecule has 0 amide bonds. The normalized spacial score (nSPS) is 11.1. The average molecular weight is 324 g/mol. The Morgan fingerprint density at radius 1 is 1.05 bits per heavy atom. The molecule has 0 aliphatic rings. The maximum Gasteiger partial charge on any atom is 0.418 e. The van der Waals surface area contributed by atoms with E-state index < -0.39 is 11.7 Å². The van der Waals surface area contributed by atoms with Crippen LogP contribution in [0.5, 0.6) is 0 Å². The molecule has 2 N–H and O–H groups in total. The van der Waals surface area contributed by atoms with Crippen molar-refractivity contribution in [3.8, 4) is 0 Å². The summed E-state index contributed by atoms with van der Waals surface area (Å²) in [7, 11) is 0. The van der Waals surface area contributed by atoms with Gasteiger partial charge in [-0.1, -0.05) is 31.2 Å². The third-order valence-corrected chi connectivity index (χ3v) is 3.28. The van der Waals surface area contributed by atoms with Crippen LogP contribution in [0.2, 0.25) is 0 Å². The van der Waals surface area contributed by atoms with Gasteiger partial charge in [0.1, 0.15) is 0 Å². The molecule has 0 aliphatic heterocycles. The number of benzene rings is 2. The van der Waals surface area contributed by atoms with Crippen molar-refractivity contribution in [2.45, 2.75) is 19.5 Å². The monoisotopic (exact) mass is 324 g/mol. The Morgan fingerprint density at radius 3 is 2.45 bits per heavy atom. The Balaban J connectivity index is 2.13. The summed E-state index contributed by atoms with van der Waals surface area (Å²) in [5.74, 6) is 0. The molecule has 2 aromatic carbocycles. The summed E-state index contributed by atoms with van der Waals surface area (Å²) in [5, 5.41) is 5.62. The molecule has 0 aromatic heterocycles. The van der Waals surface area contributed by atoms with E-state index in [9.17, 15) is 13.2 Å². The number of para-hydroxylation sites is 1. The van der Waals surface area contributed by atoms with Crippen LogP contribution in [0.1, 0.15) is 18.1 Å². The van der Waals surface area contributed by atoms with Crippen molar-refractivity contribution < 1.29 is 13.2 Å². The quantitative estimate of drug-likeness (QED) is 0.770. The predicted molar refractivity (Wildman–Crippen MR) is 87.1 cm³/mol. The molecule has 0 saturated carbocycles. The van der Waals surface area contributed by atoms with Crippen LogP contribution in [0, 0.1) is 0 Å². The first-order valence-electron chi connectivity index (χ1n) is 6.73.